The Labute approximate surface area is 137 Å². The third kappa shape index (κ3) is 3.06. The van der Waals surface area contributed by atoms with Crippen LogP contribution in [0.5, 0.6) is 5.75 Å². The molecule has 1 heterocycles. The van der Waals surface area contributed by atoms with Gasteiger partial charge in [0.05, 0.1) is 24.0 Å². The van der Waals surface area contributed by atoms with Crippen LogP contribution in [0.1, 0.15) is 17.5 Å². The number of imidazole rings is 1. The molecule has 0 aliphatic rings. The second-order valence-electron chi connectivity index (χ2n) is 4.96. The summed E-state index contributed by atoms with van der Waals surface area (Å²) in [5.41, 5.74) is 1.89. The molecule has 0 radical (unpaired) electrons. The smallest absolute Gasteiger partial charge is 0.142 e. The van der Waals surface area contributed by atoms with Gasteiger partial charge in [0.25, 0.3) is 0 Å². The largest absolute Gasteiger partial charge is 0.496 e. The van der Waals surface area contributed by atoms with E-state index in [0.717, 1.165) is 5.56 Å². The zero-order valence-electron chi connectivity index (χ0n) is 12.3. The summed E-state index contributed by atoms with van der Waals surface area (Å²) in [7, 11) is 1.58. The summed E-state index contributed by atoms with van der Waals surface area (Å²) in [6.07, 6.45) is 0.521. The summed E-state index contributed by atoms with van der Waals surface area (Å²) in [5, 5.41) is 10.4. The molecule has 2 N–H and O–H groups in total. The number of aromatic nitrogens is 2. The molecule has 3 rings (SSSR count). The molecule has 23 heavy (non-hydrogen) atoms. The van der Waals surface area contributed by atoms with Gasteiger partial charge in [-0.1, -0.05) is 29.8 Å². The quantitative estimate of drug-likeness (QED) is 0.760. The maximum atomic E-state index is 13.5. The lowest BCUT2D eigenvalue weighted by Gasteiger charge is -2.09. The Hall–Kier alpha value is -2.37. The van der Waals surface area contributed by atoms with Gasteiger partial charge >= 0.3 is 0 Å². The van der Waals surface area contributed by atoms with Gasteiger partial charge in [0.15, 0.2) is 0 Å². The standard InChI is InChI=1S/C17H14ClFN2O2/c1-23-15-5-3-2-4-11(15)14-9-20-17(21-14)16(22)10-6-7-12(18)13(19)8-10/h2-9,16,22H,1H3,(H,20,21). The van der Waals surface area contributed by atoms with Gasteiger partial charge in [-0.25, -0.2) is 9.37 Å². The van der Waals surface area contributed by atoms with Crippen LogP contribution in [0.3, 0.4) is 0 Å². The normalized spacial score (nSPS) is 12.2. The molecule has 0 amide bonds. The molecule has 6 heteroatoms. The zero-order valence-corrected chi connectivity index (χ0v) is 13.0. The van der Waals surface area contributed by atoms with Crippen LogP contribution >= 0.6 is 11.6 Å². The lowest BCUT2D eigenvalue weighted by molar-refractivity contribution is 0.210. The SMILES string of the molecule is COc1ccccc1-c1cnc(C(O)c2ccc(Cl)c(F)c2)[nH]1. The zero-order chi connectivity index (χ0) is 16.4. The Morgan fingerprint density at radius 2 is 2.04 bits per heavy atom. The topological polar surface area (TPSA) is 58.1 Å². The van der Waals surface area contributed by atoms with E-state index >= 15 is 0 Å². The number of para-hydroxylation sites is 1. The van der Waals surface area contributed by atoms with E-state index in [1.54, 1.807) is 19.4 Å². The third-order valence-electron chi connectivity index (χ3n) is 3.51. The minimum Gasteiger partial charge on any atom is -0.496 e. The first-order valence-corrected chi connectivity index (χ1v) is 7.29. The number of ether oxygens (including phenoxy) is 1. The number of benzene rings is 2. The molecule has 0 spiro atoms. The number of methoxy groups -OCH3 is 1. The van der Waals surface area contributed by atoms with Crippen molar-refractivity contribution < 1.29 is 14.2 Å². The van der Waals surface area contributed by atoms with Crippen molar-refractivity contribution in [3.05, 3.63) is 70.9 Å². The first-order valence-electron chi connectivity index (χ1n) is 6.91. The van der Waals surface area contributed by atoms with Crippen LogP contribution in [-0.2, 0) is 0 Å². The number of aliphatic hydroxyl groups is 1. The lowest BCUT2D eigenvalue weighted by Crippen LogP contribution is -2.02. The van der Waals surface area contributed by atoms with Gasteiger partial charge in [0.2, 0.25) is 0 Å². The fraction of sp³-hybridized carbons (Fsp3) is 0.118. The summed E-state index contributed by atoms with van der Waals surface area (Å²) in [5.74, 6) is 0.419. The summed E-state index contributed by atoms with van der Waals surface area (Å²) >= 11 is 5.65. The molecule has 4 nitrogen and oxygen atoms in total. The van der Waals surface area contributed by atoms with Crippen LogP contribution < -0.4 is 4.74 Å². The molecular formula is C17H14ClFN2O2. The molecular weight excluding hydrogens is 319 g/mol. The molecule has 2 aromatic carbocycles. The predicted molar refractivity (Wildman–Crippen MR) is 86.0 cm³/mol. The van der Waals surface area contributed by atoms with E-state index in [-0.39, 0.29) is 5.02 Å². The summed E-state index contributed by atoms with van der Waals surface area (Å²) in [6, 6.07) is 11.6. The Balaban J connectivity index is 1.93. The van der Waals surface area contributed by atoms with Crippen molar-refractivity contribution >= 4 is 11.6 Å². The van der Waals surface area contributed by atoms with E-state index in [1.165, 1.54) is 12.1 Å². The number of rotatable bonds is 4. The van der Waals surface area contributed by atoms with Crippen LogP contribution in [0, 0.1) is 5.82 Å². The number of hydrogen-bond donors (Lipinski definition) is 2. The third-order valence-corrected chi connectivity index (χ3v) is 3.82. The summed E-state index contributed by atoms with van der Waals surface area (Å²) in [4.78, 5) is 7.22. The predicted octanol–water partition coefficient (Wildman–Crippen LogP) is 3.96. The minimum atomic E-state index is -1.08. The van der Waals surface area contributed by atoms with E-state index in [4.69, 9.17) is 16.3 Å². The van der Waals surface area contributed by atoms with E-state index < -0.39 is 11.9 Å². The van der Waals surface area contributed by atoms with Crippen molar-refractivity contribution in [2.75, 3.05) is 7.11 Å². The second-order valence-corrected chi connectivity index (χ2v) is 5.37. The van der Waals surface area contributed by atoms with Crippen molar-refractivity contribution in [2.45, 2.75) is 6.10 Å². The van der Waals surface area contributed by atoms with Crippen molar-refractivity contribution in [1.82, 2.24) is 9.97 Å². The molecule has 1 aromatic heterocycles. The fourth-order valence-corrected chi connectivity index (χ4v) is 2.44. The maximum Gasteiger partial charge on any atom is 0.142 e. The van der Waals surface area contributed by atoms with Gasteiger partial charge in [0.1, 0.15) is 23.5 Å². The van der Waals surface area contributed by atoms with Gasteiger partial charge < -0.3 is 14.8 Å². The maximum absolute atomic E-state index is 13.5. The van der Waals surface area contributed by atoms with Crippen molar-refractivity contribution in [1.29, 1.82) is 0 Å². The number of hydrogen-bond acceptors (Lipinski definition) is 3. The minimum absolute atomic E-state index is 0.00936. The Morgan fingerprint density at radius 1 is 1.26 bits per heavy atom. The molecule has 0 saturated carbocycles. The van der Waals surface area contributed by atoms with Crippen LogP contribution in [0.15, 0.2) is 48.7 Å². The second kappa shape index (κ2) is 6.40. The van der Waals surface area contributed by atoms with Crippen LogP contribution in [0.4, 0.5) is 4.39 Å². The van der Waals surface area contributed by atoms with Gasteiger partial charge in [-0.3, -0.25) is 0 Å². The number of aromatic amines is 1. The van der Waals surface area contributed by atoms with Gasteiger partial charge in [-0.05, 0) is 29.8 Å². The van der Waals surface area contributed by atoms with Crippen LogP contribution in [0.25, 0.3) is 11.3 Å². The monoisotopic (exact) mass is 332 g/mol. The number of H-pyrrole nitrogens is 1. The molecule has 1 atom stereocenters. The summed E-state index contributed by atoms with van der Waals surface area (Å²) in [6.45, 7) is 0. The highest BCUT2D eigenvalue weighted by Gasteiger charge is 2.17. The number of nitrogens with one attached hydrogen (secondary N) is 1. The molecule has 0 fully saturated rings. The highest BCUT2D eigenvalue weighted by atomic mass is 35.5. The molecule has 0 bridgehead atoms. The average molecular weight is 333 g/mol. The number of nitrogens with zero attached hydrogens (tertiary/aromatic N) is 1. The average Bonchev–Trinajstić information content (AvgIpc) is 3.06. The van der Waals surface area contributed by atoms with E-state index in [1.807, 2.05) is 24.3 Å². The van der Waals surface area contributed by atoms with Crippen LogP contribution in [-0.4, -0.2) is 22.2 Å². The van der Waals surface area contributed by atoms with Crippen LogP contribution in [0.2, 0.25) is 5.02 Å². The Kier molecular flexibility index (Phi) is 4.32. The van der Waals surface area contributed by atoms with E-state index in [9.17, 15) is 9.50 Å². The van der Waals surface area contributed by atoms with Crippen molar-refractivity contribution in [3.8, 4) is 17.0 Å². The number of halogens is 2. The molecule has 0 aliphatic heterocycles. The van der Waals surface area contributed by atoms with E-state index in [0.29, 0.717) is 22.8 Å². The van der Waals surface area contributed by atoms with E-state index in [2.05, 4.69) is 9.97 Å². The lowest BCUT2D eigenvalue weighted by atomic mass is 10.1. The van der Waals surface area contributed by atoms with Crippen molar-refractivity contribution in [2.24, 2.45) is 0 Å². The molecule has 3 aromatic rings. The first-order chi connectivity index (χ1) is 11.1. The van der Waals surface area contributed by atoms with Crippen molar-refractivity contribution in [3.63, 3.8) is 0 Å². The van der Waals surface area contributed by atoms with Gasteiger partial charge in [-0.2, -0.15) is 0 Å². The highest BCUT2D eigenvalue weighted by Crippen LogP contribution is 2.30. The Morgan fingerprint density at radius 3 is 2.78 bits per heavy atom. The molecule has 0 aliphatic carbocycles. The fourth-order valence-electron chi connectivity index (χ4n) is 2.32. The van der Waals surface area contributed by atoms with Gasteiger partial charge in [-0.15, -0.1) is 0 Å². The molecule has 1 unspecified atom stereocenters. The first kappa shape index (κ1) is 15.5. The van der Waals surface area contributed by atoms with Gasteiger partial charge in [0, 0.05) is 5.56 Å². The summed E-state index contributed by atoms with van der Waals surface area (Å²) < 4.78 is 18.8. The highest BCUT2D eigenvalue weighted by molar-refractivity contribution is 6.30. The molecule has 0 saturated heterocycles. The number of aliphatic hydroxyl groups excluding tert-OH is 1. The molecule has 118 valence electrons. The Bertz CT molecular complexity index is 835.